The number of alkyl carbamates (subject to hydrolysis) is 1. The maximum Gasteiger partial charge on any atom is 0.420 e. The van der Waals surface area contributed by atoms with E-state index in [9.17, 15) is 14.4 Å². The second-order valence-electron chi connectivity index (χ2n) is 10.9. The minimum Gasteiger partial charge on any atom is -0.445 e. The van der Waals surface area contributed by atoms with E-state index < -0.39 is 17.8 Å². The Morgan fingerprint density at radius 3 is 2.33 bits per heavy atom. The summed E-state index contributed by atoms with van der Waals surface area (Å²) in [5.41, 5.74) is 2.43. The topological polar surface area (TPSA) is 112 Å². The van der Waals surface area contributed by atoms with E-state index >= 15 is 0 Å². The second kappa shape index (κ2) is 11.7. The van der Waals surface area contributed by atoms with Gasteiger partial charge in [0.25, 0.3) is 5.91 Å². The van der Waals surface area contributed by atoms with Crippen LogP contribution in [0.3, 0.4) is 0 Å². The quantitative estimate of drug-likeness (QED) is 0.225. The van der Waals surface area contributed by atoms with Crippen LogP contribution >= 0.6 is 0 Å². The summed E-state index contributed by atoms with van der Waals surface area (Å²) in [5.74, 6) is -0.321. The van der Waals surface area contributed by atoms with Gasteiger partial charge in [0, 0.05) is 23.3 Å². The molecule has 0 aliphatic heterocycles. The summed E-state index contributed by atoms with van der Waals surface area (Å²) < 4.78 is 12.2. The molecule has 1 unspecified atom stereocenters. The minimum atomic E-state index is -0.664. The molecule has 1 atom stereocenters. The number of ether oxygens (including phenoxy) is 2. The first kappa shape index (κ1) is 28.4. The number of carbonyl (C=O) groups is 3. The fourth-order valence-electron chi connectivity index (χ4n) is 4.71. The lowest BCUT2D eigenvalue weighted by Gasteiger charge is -2.19. The first-order valence-electron chi connectivity index (χ1n) is 13.6. The molecule has 0 fully saturated rings. The van der Waals surface area contributed by atoms with Gasteiger partial charge in [-0.05, 0) is 67.8 Å². The van der Waals surface area contributed by atoms with Crippen LogP contribution in [0.2, 0.25) is 0 Å². The monoisotopic (exact) mass is 564 g/mol. The maximum atomic E-state index is 13.6. The van der Waals surface area contributed by atoms with Gasteiger partial charge in [0.05, 0.1) is 11.7 Å². The number of aromatic nitrogens is 2. The molecule has 0 spiro atoms. The largest absolute Gasteiger partial charge is 0.445 e. The molecule has 0 bridgehead atoms. The molecule has 0 aliphatic carbocycles. The van der Waals surface area contributed by atoms with Crippen LogP contribution in [0.1, 0.15) is 55.2 Å². The van der Waals surface area contributed by atoms with Gasteiger partial charge in [-0.3, -0.25) is 4.79 Å². The molecule has 2 aromatic heterocycles. The lowest BCUT2D eigenvalue weighted by atomic mass is 9.95. The predicted octanol–water partition coefficient (Wildman–Crippen LogP) is 7.21. The van der Waals surface area contributed by atoms with E-state index in [1.54, 1.807) is 45.2 Å². The molecule has 0 radical (unpaired) electrons. The number of carbonyl (C=O) groups excluding carboxylic acids is 3. The summed E-state index contributed by atoms with van der Waals surface area (Å²) >= 11 is 0. The van der Waals surface area contributed by atoms with Crippen LogP contribution in [0.5, 0.6) is 0 Å². The number of hydrogen-bond donors (Lipinski definition) is 2. The van der Waals surface area contributed by atoms with Crippen molar-refractivity contribution in [1.29, 1.82) is 0 Å². The van der Waals surface area contributed by atoms with E-state index in [1.807, 2.05) is 67.6 Å². The smallest absolute Gasteiger partial charge is 0.420 e. The van der Waals surface area contributed by atoms with Gasteiger partial charge in [-0.2, -0.15) is 0 Å². The number of amides is 2. The van der Waals surface area contributed by atoms with Crippen molar-refractivity contribution in [3.63, 3.8) is 0 Å². The fraction of sp³-hybridized carbons (Fsp3) is 0.212. The first-order valence-corrected chi connectivity index (χ1v) is 13.6. The third kappa shape index (κ3) is 6.25. The Balaban J connectivity index is 1.36. The highest BCUT2D eigenvalue weighted by atomic mass is 16.6. The third-order valence-corrected chi connectivity index (χ3v) is 6.64. The summed E-state index contributed by atoms with van der Waals surface area (Å²) in [6.45, 7) is 7.41. The minimum absolute atomic E-state index is 0.169. The number of nitrogens with zero attached hydrogens (tertiary/aromatic N) is 2. The summed E-state index contributed by atoms with van der Waals surface area (Å²) in [7, 11) is 0. The standard InChI is InChI=1S/C33H32N4O5/c1-21(35-31(39)41-20-22-10-6-5-7-11-22)23-14-15-26(25-13-9-8-12-24(23)25)30(38)36-28-16-18-34-29-27(28)17-19-37(29)32(40)42-33(2,3)4/h5-19,21H,20H2,1-4H3,(H,35,39)(H,34,36,38). The molecule has 0 aliphatic rings. The van der Waals surface area contributed by atoms with Gasteiger partial charge in [-0.1, -0.05) is 60.7 Å². The number of rotatable bonds is 6. The number of nitrogens with one attached hydrogen (secondary N) is 2. The third-order valence-electron chi connectivity index (χ3n) is 6.64. The lowest BCUT2D eigenvalue weighted by Crippen LogP contribution is -2.27. The van der Waals surface area contributed by atoms with Crippen molar-refractivity contribution in [3.05, 3.63) is 108 Å². The number of hydrogen-bond acceptors (Lipinski definition) is 6. The van der Waals surface area contributed by atoms with Crippen molar-refractivity contribution in [2.75, 3.05) is 5.32 Å². The molecule has 3 aromatic carbocycles. The van der Waals surface area contributed by atoms with Crippen LogP contribution in [0.25, 0.3) is 21.8 Å². The molecule has 5 aromatic rings. The predicted molar refractivity (Wildman–Crippen MR) is 161 cm³/mol. The van der Waals surface area contributed by atoms with Crippen molar-refractivity contribution in [1.82, 2.24) is 14.9 Å². The molecule has 2 amide bonds. The van der Waals surface area contributed by atoms with Crippen LogP contribution in [-0.2, 0) is 16.1 Å². The number of pyridine rings is 1. The average molecular weight is 565 g/mol. The Hall–Kier alpha value is -5.18. The SMILES string of the molecule is CC(NC(=O)OCc1ccccc1)c1ccc(C(=O)Nc2ccnc3c2ccn3C(=O)OC(C)(C)C)c2ccccc12. The highest BCUT2D eigenvalue weighted by Gasteiger charge is 2.22. The lowest BCUT2D eigenvalue weighted by molar-refractivity contribution is 0.0543. The van der Waals surface area contributed by atoms with Crippen molar-refractivity contribution in [2.45, 2.75) is 45.9 Å². The molecule has 9 nitrogen and oxygen atoms in total. The average Bonchev–Trinajstić information content (AvgIpc) is 3.41. The van der Waals surface area contributed by atoms with Crippen LogP contribution in [0, 0.1) is 0 Å². The van der Waals surface area contributed by atoms with E-state index in [0.717, 1.165) is 21.9 Å². The van der Waals surface area contributed by atoms with Gasteiger partial charge < -0.3 is 20.1 Å². The fourth-order valence-corrected chi connectivity index (χ4v) is 4.71. The van der Waals surface area contributed by atoms with Gasteiger partial charge >= 0.3 is 12.2 Å². The van der Waals surface area contributed by atoms with Gasteiger partial charge in [0.1, 0.15) is 12.2 Å². The molecule has 0 saturated heterocycles. The van der Waals surface area contributed by atoms with Crippen molar-refractivity contribution in [3.8, 4) is 0 Å². The first-order chi connectivity index (χ1) is 20.1. The van der Waals surface area contributed by atoms with Crippen molar-refractivity contribution < 1.29 is 23.9 Å². The molecule has 5 rings (SSSR count). The molecule has 42 heavy (non-hydrogen) atoms. The van der Waals surface area contributed by atoms with Crippen LogP contribution in [0.4, 0.5) is 15.3 Å². The van der Waals surface area contributed by atoms with E-state index in [0.29, 0.717) is 22.3 Å². The second-order valence-corrected chi connectivity index (χ2v) is 10.9. The molecular formula is C33H32N4O5. The van der Waals surface area contributed by atoms with Crippen LogP contribution < -0.4 is 10.6 Å². The number of benzene rings is 3. The van der Waals surface area contributed by atoms with Gasteiger partial charge in [-0.15, -0.1) is 0 Å². The molecular weight excluding hydrogens is 532 g/mol. The number of fused-ring (bicyclic) bond motifs is 2. The Labute approximate surface area is 243 Å². The normalized spacial score (nSPS) is 12.1. The van der Waals surface area contributed by atoms with Crippen LogP contribution in [0.15, 0.2) is 91.3 Å². The van der Waals surface area contributed by atoms with Crippen LogP contribution in [-0.4, -0.2) is 33.2 Å². The van der Waals surface area contributed by atoms with E-state index in [4.69, 9.17) is 9.47 Å². The zero-order chi connectivity index (χ0) is 29.9. The summed E-state index contributed by atoms with van der Waals surface area (Å²) in [5, 5.41) is 8.02. The molecule has 2 N–H and O–H groups in total. The zero-order valence-electron chi connectivity index (χ0n) is 23.9. The molecule has 214 valence electrons. The summed E-state index contributed by atoms with van der Waals surface area (Å²) in [6, 6.07) is 23.6. The highest BCUT2D eigenvalue weighted by Crippen LogP contribution is 2.29. The van der Waals surface area contributed by atoms with Gasteiger partial charge in [0.15, 0.2) is 5.65 Å². The van der Waals surface area contributed by atoms with E-state index in [1.165, 1.54) is 10.8 Å². The Morgan fingerprint density at radius 1 is 0.881 bits per heavy atom. The van der Waals surface area contributed by atoms with Gasteiger partial charge in [-0.25, -0.2) is 19.1 Å². The molecule has 2 heterocycles. The Bertz CT molecular complexity index is 1770. The number of anilines is 1. The van der Waals surface area contributed by atoms with Crippen molar-refractivity contribution >= 4 is 45.6 Å². The zero-order valence-corrected chi connectivity index (χ0v) is 23.9. The Morgan fingerprint density at radius 2 is 1.60 bits per heavy atom. The van der Waals surface area contributed by atoms with Gasteiger partial charge in [0.2, 0.25) is 0 Å². The molecule has 0 saturated carbocycles. The van der Waals surface area contributed by atoms with E-state index in [2.05, 4.69) is 15.6 Å². The summed E-state index contributed by atoms with van der Waals surface area (Å²) in [6.07, 6.45) is 2.02. The maximum absolute atomic E-state index is 13.6. The van der Waals surface area contributed by atoms with E-state index in [-0.39, 0.29) is 18.6 Å². The summed E-state index contributed by atoms with van der Waals surface area (Å²) in [4.78, 5) is 43.1. The van der Waals surface area contributed by atoms with Crippen molar-refractivity contribution in [2.24, 2.45) is 0 Å². The Kier molecular flexibility index (Phi) is 7.93. The molecule has 9 heteroatoms. The highest BCUT2D eigenvalue weighted by molar-refractivity contribution is 6.15.